The summed E-state index contributed by atoms with van der Waals surface area (Å²) < 4.78 is 0. The average molecular weight is 422 g/mol. The maximum atomic E-state index is 7.26. The van der Waals surface area contributed by atoms with Gasteiger partial charge in [0.15, 0.2) is 0 Å². The predicted molar refractivity (Wildman–Crippen MR) is 58.9 cm³/mol. The molecule has 0 rings (SSSR count). The van der Waals surface area contributed by atoms with E-state index in [2.05, 4.69) is 22.6 Å². The summed E-state index contributed by atoms with van der Waals surface area (Å²) in [6.07, 6.45) is 1.59. The molecule has 0 aromatic rings. The molecule has 0 heterocycles. The molecule has 0 aromatic carbocycles. The van der Waals surface area contributed by atoms with Gasteiger partial charge in [-0.3, -0.25) is 21.3 Å². The van der Waals surface area contributed by atoms with Crippen LogP contribution >= 0.6 is 0 Å². The second kappa shape index (κ2) is 13.3. The van der Waals surface area contributed by atoms with Gasteiger partial charge in [-0.15, -0.1) is 6.42 Å². The molecular weight excluding hydrogens is 402 g/mol. The van der Waals surface area contributed by atoms with Crippen LogP contribution in [0.3, 0.4) is 0 Å². The van der Waals surface area contributed by atoms with Gasteiger partial charge in [-0.05, 0) is 20.3 Å². The number of hydrazine groups is 1. The second-order valence-electron chi connectivity index (χ2n) is 2.67. The number of amidine groups is 1. The number of aliphatic imine (C=N–C) groups is 1. The molecule has 4 nitrogen and oxygen atoms in total. The summed E-state index contributed by atoms with van der Waals surface area (Å²) in [6.45, 7) is 6.20. The summed E-state index contributed by atoms with van der Waals surface area (Å²) in [6, 6.07) is 0. The van der Waals surface area contributed by atoms with E-state index in [-0.39, 0.29) is 38.5 Å². The Labute approximate surface area is 111 Å². The molecule has 80 valence electrons. The zero-order valence-corrected chi connectivity index (χ0v) is 13.4. The van der Waals surface area contributed by atoms with E-state index in [9.17, 15) is 0 Å². The van der Waals surface area contributed by atoms with Gasteiger partial charge in [0, 0.05) is 0 Å². The molecule has 0 aliphatic heterocycles. The molecule has 3 N–H and O–H groups in total. The first-order valence-electron chi connectivity index (χ1n) is 3.95. The van der Waals surface area contributed by atoms with Crippen LogP contribution < -0.4 is 10.9 Å². The first-order valence-corrected chi connectivity index (χ1v) is 3.95. The first-order chi connectivity index (χ1) is 5.70. The fourth-order valence-corrected chi connectivity index (χ4v) is 0.831. The number of hydrogen-bond acceptors (Lipinski definition) is 3. The van der Waals surface area contributed by atoms with Crippen LogP contribution in [0.1, 0.15) is 19.8 Å². The first kappa shape index (κ1) is 19.8. The van der Waals surface area contributed by atoms with E-state index < -0.39 is 0 Å². The van der Waals surface area contributed by atoms with Crippen molar-refractivity contribution < 1.29 is 31.1 Å². The van der Waals surface area contributed by atoms with Gasteiger partial charge in [0.05, 0.1) is 5.84 Å². The molecule has 0 aromatic heterocycles. The van der Waals surface area contributed by atoms with Crippen molar-refractivity contribution in [3.8, 4) is 0 Å². The zero-order valence-electron chi connectivity index (χ0n) is 9.28. The summed E-state index contributed by atoms with van der Waals surface area (Å²) in [5, 5.41) is 7.26. The molecule has 0 fully saturated rings. The van der Waals surface area contributed by atoms with Gasteiger partial charge in [-0.25, -0.2) is 0 Å². The minimum absolute atomic E-state index is 0. The van der Waals surface area contributed by atoms with Gasteiger partial charge in [0.1, 0.15) is 0 Å². The van der Waals surface area contributed by atoms with Crippen molar-refractivity contribution in [2.24, 2.45) is 4.99 Å². The van der Waals surface area contributed by atoms with Gasteiger partial charge < -0.3 is 13.3 Å². The third-order valence-corrected chi connectivity index (χ3v) is 1.51. The Hall–Kier alpha value is 0.312. The molecule has 0 bridgehead atoms. The molecule has 0 amide bonds. The van der Waals surface area contributed by atoms with Crippen molar-refractivity contribution in [2.75, 3.05) is 13.6 Å². The van der Waals surface area contributed by atoms with Crippen molar-refractivity contribution >= 4 is 12.6 Å². The molecule has 0 aliphatic rings. The van der Waals surface area contributed by atoms with Crippen molar-refractivity contribution in [1.82, 2.24) is 10.9 Å². The standard InChI is InChI=1S/C8H17N4.CH3.U/c1-7(4-5-12-11-3)6-8(9)10-2;;/h9,11-12H,2,4-6H2,1,3H3;1H3;/q2*-1;+2. The van der Waals surface area contributed by atoms with Crippen LogP contribution in [0.25, 0.3) is 0 Å². The Morgan fingerprint density at radius 1 is 1.57 bits per heavy atom. The maximum absolute atomic E-state index is 7.26. The van der Waals surface area contributed by atoms with Gasteiger partial charge in [0.25, 0.3) is 0 Å². The van der Waals surface area contributed by atoms with E-state index >= 15 is 0 Å². The van der Waals surface area contributed by atoms with Crippen LogP contribution in [0, 0.1) is 49.9 Å². The molecule has 5 heteroatoms. The molecule has 0 atom stereocenters. The molecule has 0 spiro atoms. The van der Waals surface area contributed by atoms with E-state index in [4.69, 9.17) is 5.41 Å². The van der Waals surface area contributed by atoms with Gasteiger partial charge >= 0.3 is 31.1 Å². The summed E-state index contributed by atoms with van der Waals surface area (Å²) in [5.41, 5.74) is 5.82. The van der Waals surface area contributed by atoms with Crippen LogP contribution in [0.4, 0.5) is 0 Å². The fourth-order valence-electron chi connectivity index (χ4n) is 0.831. The van der Waals surface area contributed by atoms with E-state index in [1.165, 1.54) is 5.92 Å². The Balaban J connectivity index is -0.000000605. The number of rotatable bonds is 6. The largest absolute Gasteiger partial charge is 2.00 e. The van der Waals surface area contributed by atoms with Crippen LogP contribution in [-0.2, 0) is 0 Å². The van der Waals surface area contributed by atoms with Crippen molar-refractivity contribution in [3.05, 3.63) is 13.3 Å². The monoisotopic (exact) mass is 422 g/mol. The number of nitrogens with zero attached hydrogens (tertiary/aromatic N) is 1. The predicted octanol–water partition coefficient (Wildman–Crippen LogP) is 1.21. The Kier molecular flexibility index (Phi) is 18.8. The van der Waals surface area contributed by atoms with Crippen molar-refractivity contribution in [3.63, 3.8) is 0 Å². The van der Waals surface area contributed by atoms with Gasteiger partial charge in [-0.1, -0.05) is 0 Å². The van der Waals surface area contributed by atoms with Crippen molar-refractivity contribution in [2.45, 2.75) is 19.8 Å². The van der Waals surface area contributed by atoms with Crippen molar-refractivity contribution in [1.29, 1.82) is 5.41 Å². The maximum Gasteiger partial charge on any atom is 2.00 e. The molecule has 0 aliphatic carbocycles. The summed E-state index contributed by atoms with van der Waals surface area (Å²) in [7, 11) is 1.84. The molecule has 0 radical (unpaired) electrons. The molecule has 0 unspecified atom stereocenters. The summed E-state index contributed by atoms with van der Waals surface area (Å²) in [4.78, 5) is 3.53. The van der Waals surface area contributed by atoms with Crippen LogP contribution in [0.5, 0.6) is 0 Å². The average Bonchev–Trinajstić information content (AvgIpc) is 2.05. The van der Waals surface area contributed by atoms with Gasteiger partial charge in [-0.2, -0.15) is 13.3 Å². The van der Waals surface area contributed by atoms with E-state index in [1.54, 1.807) is 0 Å². The fraction of sp³-hybridized carbons (Fsp3) is 0.556. The minimum Gasteiger partial charge on any atom is -0.358 e. The third kappa shape index (κ3) is 12.3. The Morgan fingerprint density at radius 2 is 2.14 bits per heavy atom. The van der Waals surface area contributed by atoms with Crippen LogP contribution in [-0.4, -0.2) is 26.1 Å². The molecular formula is C9H20N4U. The third-order valence-electron chi connectivity index (χ3n) is 1.51. The Bertz CT molecular complexity index is 150. The molecule has 14 heavy (non-hydrogen) atoms. The molecule has 0 saturated heterocycles. The minimum atomic E-state index is 0. The SMILES string of the molecule is C=NC(=N)C[C-](C)CCNNC.[CH3-].[U+2]. The normalized spacial score (nSPS) is 8.79. The number of hydrogen-bond donors (Lipinski definition) is 3. The van der Waals surface area contributed by atoms with Crippen LogP contribution in [0.15, 0.2) is 4.99 Å². The summed E-state index contributed by atoms with van der Waals surface area (Å²) >= 11 is 0. The smallest absolute Gasteiger partial charge is 0.358 e. The van der Waals surface area contributed by atoms with E-state index in [0.29, 0.717) is 12.3 Å². The van der Waals surface area contributed by atoms with E-state index in [1.807, 2.05) is 14.0 Å². The molecule has 0 saturated carbocycles. The van der Waals surface area contributed by atoms with Crippen LogP contribution in [0.2, 0.25) is 0 Å². The Morgan fingerprint density at radius 3 is 2.57 bits per heavy atom. The number of nitrogens with one attached hydrogen (secondary N) is 3. The topological polar surface area (TPSA) is 60.3 Å². The summed E-state index contributed by atoms with van der Waals surface area (Å²) in [5.74, 6) is 1.59. The van der Waals surface area contributed by atoms with Gasteiger partial charge in [0.2, 0.25) is 0 Å². The zero-order chi connectivity index (χ0) is 9.40. The quantitative estimate of drug-likeness (QED) is 0.198. The second-order valence-corrected chi connectivity index (χ2v) is 2.67. The van der Waals surface area contributed by atoms with E-state index in [0.717, 1.165) is 13.0 Å².